The average Bonchev–Trinajstić information content (AvgIpc) is 2.53. The predicted octanol–water partition coefficient (Wildman–Crippen LogP) is 2.35. The van der Waals surface area contributed by atoms with Gasteiger partial charge in [-0.25, -0.2) is 4.79 Å². The van der Waals surface area contributed by atoms with Gasteiger partial charge in [0.05, 0.1) is 19.8 Å². The van der Waals surface area contributed by atoms with Gasteiger partial charge in [0.15, 0.2) is 0 Å². The fourth-order valence-electron chi connectivity index (χ4n) is 0.405. The normalized spacial score (nSPS) is 6.65. The molecule has 0 aliphatic rings. The summed E-state index contributed by atoms with van der Waals surface area (Å²) < 4.78 is 9.27. The van der Waals surface area contributed by atoms with Crippen molar-refractivity contribution in [3.05, 3.63) is 39.0 Å². The summed E-state index contributed by atoms with van der Waals surface area (Å²) in [6, 6.07) is 0. The number of aliphatic hydroxyl groups excluding tert-OH is 2. The zero-order valence-corrected chi connectivity index (χ0v) is 13.3. The Morgan fingerprint density at radius 3 is 1.35 bits per heavy atom. The Hall–Kier alpha value is -1.43. The molecule has 5 heteroatoms. The molecule has 0 aliphatic carbocycles. The first-order valence-corrected chi connectivity index (χ1v) is 6.22. The van der Waals surface area contributed by atoms with Crippen LogP contribution in [0.2, 0.25) is 0 Å². The van der Waals surface area contributed by atoms with Gasteiger partial charge in [-0.05, 0) is 20.8 Å². The molecule has 0 amide bonds. The van der Waals surface area contributed by atoms with E-state index in [1.165, 1.54) is 0 Å². The molecule has 2 N–H and O–H groups in total. The van der Waals surface area contributed by atoms with E-state index in [2.05, 4.69) is 37.6 Å². The van der Waals surface area contributed by atoms with Crippen LogP contribution in [0, 0.1) is 0 Å². The van der Waals surface area contributed by atoms with Crippen molar-refractivity contribution >= 4 is 5.97 Å². The number of aliphatic hydroxyl groups is 2. The fourth-order valence-corrected chi connectivity index (χ4v) is 0.405. The van der Waals surface area contributed by atoms with E-state index in [0.29, 0.717) is 6.61 Å². The third kappa shape index (κ3) is 93.1. The largest absolute Gasteiger partial charge is 0.463 e. The number of ether oxygens (including phenoxy) is 2. The molecule has 5 nitrogen and oxygen atoms in total. The van der Waals surface area contributed by atoms with E-state index < -0.39 is 0 Å². The Bertz CT molecular complexity index is 154. The fraction of sp³-hybridized carbons (Fsp3) is 0.533. The van der Waals surface area contributed by atoms with E-state index >= 15 is 0 Å². The standard InChI is InChI=1S/C5H8O2.C4H10O.C2H6O2.2C2H4/c1-3-5(6)7-4-2;1-3-5-4-2;3-1-2-4;2*1-2/h3H,1,4H2,2H3;3-4H2,1-2H3;3-4H,1-2H2;2*1-2H2. The van der Waals surface area contributed by atoms with Crippen LogP contribution in [0.3, 0.4) is 0 Å². The molecule has 0 heterocycles. The molecule has 0 unspecified atom stereocenters. The number of carbonyl (C=O) groups excluding carboxylic acids is 1. The van der Waals surface area contributed by atoms with Gasteiger partial charge in [0.2, 0.25) is 0 Å². The SMILES string of the molecule is C=C.C=C.C=CC(=O)OCC.CCOCC.OCCO. The highest BCUT2D eigenvalue weighted by Gasteiger charge is 1.86. The minimum absolute atomic E-state index is 0.125. The summed E-state index contributed by atoms with van der Waals surface area (Å²) in [6.45, 7) is 22.8. The first-order chi connectivity index (χ1) is 9.64. The lowest BCUT2D eigenvalue weighted by atomic mass is 10.6. The maximum atomic E-state index is 10.1. The van der Waals surface area contributed by atoms with Crippen molar-refractivity contribution in [2.45, 2.75) is 20.8 Å². The Labute approximate surface area is 124 Å². The van der Waals surface area contributed by atoms with Gasteiger partial charge in [-0.15, -0.1) is 26.3 Å². The highest BCUT2D eigenvalue weighted by molar-refractivity contribution is 5.81. The zero-order chi connectivity index (χ0) is 17.2. The number of hydrogen-bond acceptors (Lipinski definition) is 5. The second-order valence-electron chi connectivity index (χ2n) is 2.18. The highest BCUT2D eigenvalue weighted by Crippen LogP contribution is 1.74. The number of esters is 1. The van der Waals surface area contributed by atoms with Crippen molar-refractivity contribution in [2.24, 2.45) is 0 Å². The summed E-state index contributed by atoms with van der Waals surface area (Å²) in [5.41, 5.74) is 0. The van der Waals surface area contributed by atoms with Crippen LogP contribution in [0.25, 0.3) is 0 Å². The van der Waals surface area contributed by atoms with Crippen LogP contribution < -0.4 is 0 Å². The number of rotatable bonds is 5. The van der Waals surface area contributed by atoms with Crippen molar-refractivity contribution in [2.75, 3.05) is 33.0 Å². The lowest BCUT2D eigenvalue weighted by Gasteiger charge is -1.90. The van der Waals surface area contributed by atoms with Gasteiger partial charge in [-0.2, -0.15) is 0 Å². The van der Waals surface area contributed by atoms with Gasteiger partial charge in [-0.1, -0.05) is 6.58 Å². The van der Waals surface area contributed by atoms with Gasteiger partial charge >= 0.3 is 5.97 Å². The van der Waals surface area contributed by atoms with Gasteiger partial charge in [0.1, 0.15) is 0 Å². The average molecular weight is 292 g/mol. The molecule has 0 fully saturated rings. The van der Waals surface area contributed by atoms with E-state index in [9.17, 15) is 4.79 Å². The molecule has 0 bridgehead atoms. The van der Waals surface area contributed by atoms with Gasteiger partial charge in [0, 0.05) is 19.3 Å². The lowest BCUT2D eigenvalue weighted by Crippen LogP contribution is -1.97. The number of carbonyl (C=O) groups is 1. The predicted molar refractivity (Wildman–Crippen MR) is 85.7 cm³/mol. The second-order valence-corrected chi connectivity index (χ2v) is 2.18. The molecule has 0 saturated heterocycles. The maximum Gasteiger partial charge on any atom is 0.330 e. The van der Waals surface area contributed by atoms with Gasteiger partial charge in [-0.3, -0.25) is 0 Å². The third-order valence-electron chi connectivity index (χ3n) is 0.962. The number of hydrogen-bond donors (Lipinski definition) is 2. The first-order valence-electron chi connectivity index (χ1n) is 6.22. The topological polar surface area (TPSA) is 76.0 Å². The second kappa shape index (κ2) is 52.7. The van der Waals surface area contributed by atoms with Crippen molar-refractivity contribution in [1.82, 2.24) is 0 Å². The summed E-state index contributed by atoms with van der Waals surface area (Å²) in [4.78, 5) is 10.1. The summed E-state index contributed by atoms with van der Waals surface area (Å²) in [6.07, 6.45) is 1.14. The van der Waals surface area contributed by atoms with E-state index in [4.69, 9.17) is 14.9 Å². The quantitative estimate of drug-likeness (QED) is 0.462. The van der Waals surface area contributed by atoms with Crippen LogP contribution in [-0.2, 0) is 14.3 Å². The lowest BCUT2D eigenvalue weighted by molar-refractivity contribution is -0.137. The van der Waals surface area contributed by atoms with Crippen LogP contribution in [-0.4, -0.2) is 49.2 Å². The van der Waals surface area contributed by atoms with Gasteiger partial charge in [0.25, 0.3) is 0 Å². The smallest absolute Gasteiger partial charge is 0.330 e. The Kier molecular flexibility index (Phi) is 82.0. The molecule has 0 spiro atoms. The molecule has 0 saturated carbocycles. The molecule has 0 aromatic rings. The molecule has 0 radical (unpaired) electrons. The molecular weight excluding hydrogens is 260 g/mol. The van der Waals surface area contributed by atoms with Crippen LogP contribution in [0.1, 0.15) is 20.8 Å². The summed E-state index contributed by atoms with van der Waals surface area (Å²) in [5, 5.41) is 15.2. The summed E-state index contributed by atoms with van der Waals surface area (Å²) in [5.74, 6) is -0.359. The molecule has 0 rings (SSSR count). The minimum Gasteiger partial charge on any atom is -0.463 e. The molecule has 0 aliphatic heterocycles. The van der Waals surface area contributed by atoms with E-state index in [1.54, 1.807) is 6.92 Å². The Morgan fingerprint density at radius 2 is 1.30 bits per heavy atom. The molecule has 122 valence electrons. The molecule has 20 heavy (non-hydrogen) atoms. The van der Waals surface area contributed by atoms with E-state index in [-0.39, 0.29) is 19.2 Å². The minimum atomic E-state index is -0.359. The van der Waals surface area contributed by atoms with Gasteiger partial charge < -0.3 is 19.7 Å². The summed E-state index contributed by atoms with van der Waals surface area (Å²) in [7, 11) is 0. The van der Waals surface area contributed by atoms with Crippen molar-refractivity contribution < 1.29 is 24.5 Å². The monoisotopic (exact) mass is 292 g/mol. The van der Waals surface area contributed by atoms with Crippen LogP contribution in [0.5, 0.6) is 0 Å². The third-order valence-corrected chi connectivity index (χ3v) is 0.962. The maximum absolute atomic E-state index is 10.1. The molecule has 0 aromatic heterocycles. The van der Waals surface area contributed by atoms with Crippen LogP contribution >= 0.6 is 0 Å². The Balaban J connectivity index is -0.0000000513. The van der Waals surface area contributed by atoms with Crippen molar-refractivity contribution in [3.8, 4) is 0 Å². The Morgan fingerprint density at radius 1 is 0.950 bits per heavy atom. The zero-order valence-electron chi connectivity index (χ0n) is 13.3. The van der Waals surface area contributed by atoms with Crippen LogP contribution in [0.15, 0.2) is 39.0 Å². The first kappa shape index (κ1) is 31.1. The summed E-state index contributed by atoms with van der Waals surface area (Å²) >= 11 is 0. The van der Waals surface area contributed by atoms with Crippen molar-refractivity contribution in [3.63, 3.8) is 0 Å². The molecule has 0 aromatic carbocycles. The highest BCUT2D eigenvalue weighted by atomic mass is 16.5. The molecule has 0 atom stereocenters. The van der Waals surface area contributed by atoms with Crippen molar-refractivity contribution in [1.29, 1.82) is 0 Å². The molecular formula is C15H32O5. The van der Waals surface area contributed by atoms with Crippen LogP contribution in [0.4, 0.5) is 0 Å². The van der Waals surface area contributed by atoms with E-state index in [1.807, 2.05) is 13.8 Å². The van der Waals surface area contributed by atoms with E-state index in [0.717, 1.165) is 19.3 Å².